The van der Waals surface area contributed by atoms with Gasteiger partial charge in [-0.3, -0.25) is 14.6 Å². The number of ether oxygens (including phenoxy) is 5. The summed E-state index contributed by atoms with van der Waals surface area (Å²) < 4.78 is 31.8. The third kappa shape index (κ3) is 9.44. The molecule has 1 amide bonds. The van der Waals surface area contributed by atoms with Gasteiger partial charge in [0.05, 0.1) is 35.1 Å². The van der Waals surface area contributed by atoms with E-state index in [0.29, 0.717) is 24.1 Å². The molecule has 0 bridgehead atoms. The van der Waals surface area contributed by atoms with Crippen molar-refractivity contribution < 1.29 is 48.0 Å². The molecular formula is C43H60N4O10. The average molecular weight is 793 g/mol. The number of nitrogens with zero attached hydrogens (tertiary/aromatic N) is 3. The normalized spacial score (nSPS) is 37.4. The van der Waals surface area contributed by atoms with Crippen LogP contribution in [0.2, 0.25) is 0 Å². The van der Waals surface area contributed by atoms with E-state index in [1.807, 2.05) is 83.9 Å². The third-order valence-corrected chi connectivity index (χ3v) is 12.0. The van der Waals surface area contributed by atoms with E-state index >= 15 is 0 Å². The molecule has 14 heteroatoms. The lowest BCUT2D eigenvalue weighted by molar-refractivity contribution is -0.296. The molecule has 13 atom stereocenters. The Labute approximate surface area is 336 Å². The van der Waals surface area contributed by atoms with Gasteiger partial charge < -0.3 is 43.8 Å². The van der Waals surface area contributed by atoms with Gasteiger partial charge in [-0.2, -0.15) is 0 Å². The molecule has 14 nitrogen and oxygen atoms in total. The van der Waals surface area contributed by atoms with Crippen LogP contribution >= 0.6 is 0 Å². The summed E-state index contributed by atoms with van der Waals surface area (Å²) in [6.45, 7) is 14.3. The lowest BCUT2D eigenvalue weighted by Crippen LogP contribution is -2.60. The summed E-state index contributed by atoms with van der Waals surface area (Å²) in [5, 5.41) is 20.0. The predicted molar refractivity (Wildman–Crippen MR) is 213 cm³/mol. The molecule has 312 valence electrons. The van der Waals surface area contributed by atoms with Gasteiger partial charge in [0.15, 0.2) is 17.7 Å². The Morgan fingerprint density at radius 3 is 2.49 bits per heavy atom. The second-order valence-electron chi connectivity index (χ2n) is 16.5. The number of alkyl carbamates (subject to hydrolysis) is 1. The molecule has 2 N–H and O–H groups in total. The molecule has 3 fully saturated rings. The van der Waals surface area contributed by atoms with E-state index in [1.165, 1.54) is 14.0 Å². The van der Waals surface area contributed by atoms with Crippen LogP contribution in [0.15, 0.2) is 41.7 Å². The van der Waals surface area contributed by atoms with Crippen LogP contribution in [0.5, 0.6) is 0 Å². The molecular weight excluding hydrogens is 732 g/mol. The number of carbonyl (C=O) groups is 3. The number of fused-ring (bicyclic) bond motifs is 2. The van der Waals surface area contributed by atoms with Crippen molar-refractivity contribution in [2.24, 2.45) is 28.8 Å². The van der Waals surface area contributed by atoms with Crippen LogP contribution in [0, 0.1) is 35.5 Å². The number of hydrogen-bond donors (Lipinski definition) is 2. The van der Waals surface area contributed by atoms with Gasteiger partial charge in [0.25, 0.3) is 0 Å². The van der Waals surface area contributed by atoms with E-state index in [1.54, 1.807) is 20.0 Å². The molecule has 0 spiro atoms. The van der Waals surface area contributed by atoms with Crippen molar-refractivity contribution in [3.63, 3.8) is 0 Å². The van der Waals surface area contributed by atoms with Gasteiger partial charge in [0, 0.05) is 40.9 Å². The number of esters is 1. The Morgan fingerprint density at radius 1 is 1.09 bits per heavy atom. The highest BCUT2D eigenvalue weighted by Gasteiger charge is 2.57. The number of para-hydroxylation sites is 1. The Hall–Kier alpha value is -4.13. The summed E-state index contributed by atoms with van der Waals surface area (Å²) >= 11 is 0. The first-order valence-electron chi connectivity index (χ1n) is 19.9. The molecule has 57 heavy (non-hydrogen) atoms. The molecule has 3 aliphatic heterocycles. The summed E-state index contributed by atoms with van der Waals surface area (Å²) in [6, 6.07) is 8.73. The minimum atomic E-state index is -1.32. The summed E-state index contributed by atoms with van der Waals surface area (Å²) in [7, 11) is 5.21. The number of aromatic nitrogens is 1. The van der Waals surface area contributed by atoms with Gasteiger partial charge >= 0.3 is 12.1 Å². The molecule has 5 rings (SSSR count). The highest BCUT2D eigenvalue weighted by atomic mass is 16.7. The highest BCUT2D eigenvalue weighted by molar-refractivity contribution is 6.00. The quantitative estimate of drug-likeness (QED) is 0.169. The largest absolute Gasteiger partial charge is 0.458 e. The second-order valence-corrected chi connectivity index (χ2v) is 16.5. The molecule has 4 heterocycles. The monoisotopic (exact) mass is 792 g/mol. The Balaban J connectivity index is 1.61. The number of aliphatic hydroxyl groups excluding tert-OH is 1. The van der Waals surface area contributed by atoms with Crippen molar-refractivity contribution >= 4 is 34.5 Å². The minimum Gasteiger partial charge on any atom is -0.458 e. The number of aliphatic hydroxyl groups is 1. The predicted octanol–water partition coefficient (Wildman–Crippen LogP) is 4.88. The van der Waals surface area contributed by atoms with E-state index in [4.69, 9.17) is 28.5 Å². The van der Waals surface area contributed by atoms with Gasteiger partial charge in [0.2, 0.25) is 0 Å². The minimum absolute atomic E-state index is 0.0751. The number of likely N-dealkylation sites (N-methyl/N-ethyl adjacent to an activating group) is 1. The lowest BCUT2D eigenvalue weighted by atomic mass is 9.73. The van der Waals surface area contributed by atoms with E-state index in [0.717, 1.165) is 10.9 Å². The van der Waals surface area contributed by atoms with Crippen LogP contribution in [-0.4, -0.2) is 120 Å². The summed E-state index contributed by atoms with van der Waals surface area (Å²) in [6.07, 6.45) is -2.34. The zero-order valence-electron chi connectivity index (χ0n) is 35.1. The van der Waals surface area contributed by atoms with Crippen LogP contribution in [0.25, 0.3) is 10.9 Å². The Bertz CT molecular complexity index is 1860. The maximum Gasteiger partial charge on any atom is 0.408 e. The van der Waals surface area contributed by atoms with E-state index in [-0.39, 0.29) is 25.2 Å². The second kappa shape index (κ2) is 18.2. The van der Waals surface area contributed by atoms with Crippen LogP contribution in [-0.2, 0) is 38.1 Å². The molecule has 1 aromatic heterocycles. The number of cyclic esters (lactones) is 1. The molecule has 3 saturated heterocycles. The fraction of sp³-hybridized carbons (Fsp3) is 0.651. The number of pyridine rings is 1. The van der Waals surface area contributed by atoms with Gasteiger partial charge in [-0.25, -0.2) is 4.79 Å². The molecule has 0 aliphatic carbocycles. The van der Waals surface area contributed by atoms with Crippen LogP contribution in [0.4, 0.5) is 4.79 Å². The van der Waals surface area contributed by atoms with E-state index < -0.39 is 83.4 Å². The van der Waals surface area contributed by atoms with Gasteiger partial charge in [-0.1, -0.05) is 62.9 Å². The SMILES string of the molecule is CC[C@H]1OC(=O)[C@H](C)C(=O)[C@H](C)[C@@H](O[C@@H]2O[C@H](C)C[C@H](N(C)C)[C@H]2O)[C@@](C)(OCC#Cc2cnc3ccccc3c2)C[C@@H](C)/C(=N\OC)[C@H](C)[C@H]2NC(=O)O[C@@]21C. The zero-order valence-corrected chi connectivity index (χ0v) is 35.1. The molecule has 0 saturated carbocycles. The Kier molecular flexibility index (Phi) is 14.0. The summed E-state index contributed by atoms with van der Waals surface area (Å²) in [4.78, 5) is 53.2. The fourth-order valence-electron chi connectivity index (χ4n) is 8.89. The number of carbonyl (C=O) groups excluding carboxylic acids is 3. The van der Waals surface area contributed by atoms with Crippen LogP contribution in [0.3, 0.4) is 0 Å². The number of rotatable bonds is 7. The maximum absolute atomic E-state index is 14.5. The molecule has 0 radical (unpaired) electrons. The molecule has 3 aliphatic rings. The van der Waals surface area contributed by atoms with Gasteiger partial charge in [-0.05, 0) is 73.2 Å². The van der Waals surface area contributed by atoms with Crippen molar-refractivity contribution in [1.82, 2.24) is 15.2 Å². The summed E-state index contributed by atoms with van der Waals surface area (Å²) in [5.74, 6) is 1.94. The van der Waals surface area contributed by atoms with Crippen LogP contribution in [0.1, 0.15) is 80.2 Å². The number of Topliss-reactive ketones (excluding diaryl/α,β-unsaturated/α-hetero) is 1. The van der Waals surface area contributed by atoms with Gasteiger partial charge in [0.1, 0.15) is 31.8 Å². The molecule has 2 aromatic rings. The van der Waals surface area contributed by atoms with E-state index in [2.05, 4.69) is 27.3 Å². The Morgan fingerprint density at radius 2 is 1.81 bits per heavy atom. The first-order valence-corrected chi connectivity index (χ1v) is 19.9. The van der Waals surface area contributed by atoms with Gasteiger partial charge in [-0.15, -0.1) is 0 Å². The number of oxime groups is 1. The number of hydrogen-bond acceptors (Lipinski definition) is 13. The first kappa shape index (κ1) is 44.0. The first-order chi connectivity index (χ1) is 26.9. The van der Waals surface area contributed by atoms with Crippen molar-refractivity contribution in [2.45, 2.75) is 129 Å². The topological polar surface area (TPSA) is 167 Å². The van der Waals surface area contributed by atoms with Crippen molar-refractivity contribution in [2.75, 3.05) is 27.8 Å². The summed E-state index contributed by atoms with van der Waals surface area (Å²) in [5.41, 5.74) is -0.505. The average Bonchev–Trinajstić information content (AvgIpc) is 3.49. The number of benzene rings is 1. The van der Waals surface area contributed by atoms with Crippen molar-refractivity contribution in [1.29, 1.82) is 0 Å². The smallest absolute Gasteiger partial charge is 0.408 e. The lowest BCUT2D eigenvalue weighted by Gasteiger charge is -2.47. The third-order valence-electron chi connectivity index (χ3n) is 12.0. The number of ketones is 1. The number of nitrogens with one attached hydrogen (secondary N) is 1. The molecule has 0 unspecified atom stereocenters. The van der Waals surface area contributed by atoms with E-state index in [9.17, 15) is 19.5 Å². The van der Waals surface area contributed by atoms with Crippen molar-refractivity contribution in [3.8, 4) is 11.8 Å². The standard InChI is InChI=1S/C43H60N4O10/c1-12-33-43(8)37(45-41(51)57-43)26(4)34(46-52-11)24(2)22-42(7,53-19-15-16-29-21-30-17-13-14-18-31(30)44-23-29)38(27(5)35(48)28(6)39(50)55-33)56-40-36(49)32(47(9)10)20-25(3)54-40/h13-14,17-18,21,23-28,32-33,36-38,40,49H,12,19-20,22H2,1-11H3,(H,45,51)/b46-34+/t24-,25-,26+,27+,28-,32+,33-,36-,37-,38-,40+,42+,43-/m1/s1. The van der Waals surface area contributed by atoms with Crippen LogP contribution < -0.4 is 5.32 Å². The fourth-order valence-corrected chi connectivity index (χ4v) is 8.89. The zero-order chi connectivity index (χ0) is 41.8. The highest BCUT2D eigenvalue weighted by Crippen LogP contribution is 2.41. The number of amides is 1. The molecule has 1 aromatic carbocycles. The van der Waals surface area contributed by atoms with Crippen molar-refractivity contribution in [3.05, 3.63) is 42.1 Å². The maximum atomic E-state index is 14.5.